The van der Waals surface area contributed by atoms with Crippen LogP contribution in [0.1, 0.15) is 12.6 Å². The van der Waals surface area contributed by atoms with Gasteiger partial charge in [-0.1, -0.05) is 6.92 Å². The molecule has 1 amide bonds. The number of nitrogens with zero attached hydrogens (tertiary/aromatic N) is 2. The van der Waals surface area contributed by atoms with Crippen LogP contribution in [-0.2, 0) is 4.79 Å². The van der Waals surface area contributed by atoms with Crippen LogP contribution >= 0.6 is 0 Å². The van der Waals surface area contributed by atoms with E-state index >= 15 is 0 Å². The van der Waals surface area contributed by atoms with E-state index in [1.54, 1.807) is 12.3 Å². The highest BCUT2D eigenvalue weighted by Gasteiger charge is 2.02. The molecule has 0 aliphatic carbocycles. The van der Waals surface area contributed by atoms with Gasteiger partial charge < -0.3 is 5.32 Å². The third-order valence-electron chi connectivity index (χ3n) is 1.58. The second-order valence-corrected chi connectivity index (χ2v) is 2.85. The van der Waals surface area contributed by atoms with E-state index < -0.39 is 0 Å². The van der Waals surface area contributed by atoms with Gasteiger partial charge in [-0.15, -0.1) is 0 Å². The van der Waals surface area contributed by atoms with Gasteiger partial charge >= 0.3 is 0 Å². The lowest BCUT2D eigenvalue weighted by Gasteiger charge is -2.03. The highest BCUT2D eigenvalue weighted by molar-refractivity contribution is 5.90. The minimum absolute atomic E-state index is 0.127. The van der Waals surface area contributed by atoms with Crippen molar-refractivity contribution in [2.45, 2.75) is 13.8 Å². The molecule has 2 N–H and O–H groups in total. The van der Waals surface area contributed by atoms with Crippen molar-refractivity contribution in [1.82, 2.24) is 15.3 Å². The van der Waals surface area contributed by atoms with Gasteiger partial charge in [0.15, 0.2) is 0 Å². The van der Waals surface area contributed by atoms with Gasteiger partial charge in [0.1, 0.15) is 0 Å². The van der Waals surface area contributed by atoms with Crippen molar-refractivity contribution in [3.05, 3.63) is 18.0 Å². The second-order valence-electron chi connectivity index (χ2n) is 2.85. The number of anilines is 1. The molecule has 0 unspecified atom stereocenters. The fourth-order valence-electron chi connectivity index (χ4n) is 0.917. The van der Waals surface area contributed by atoms with Crippen LogP contribution in [0.3, 0.4) is 0 Å². The van der Waals surface area contributed by atoms with Crippen LogP contribution < -0.4 is 10.6 Å². The van der Waals surface area contributed by atoms with E-state index in [1.165, 1.54) is 0 Å². The van der Waals surface area contributed by atoms with Crippen molar-refractivity contribution in [3.63, 3.8) is 0 Å². The van der Waals surface area contributed by atoms with Crippen molar-refractivity contribution < 1.29 is 4.79 Å². The molecule has 0 radical (unpaired) electrons. The van der Waals surface area contributed by atoms with E-state index in [9.17, 15) is 4.79 Å². The number of rotatable bonds is 4. The average molecular weight is 194 g/mol. The molecule has 0 atom stereocenters. The molecule has 5 nitrogen and oxygen atoms in total. The monoisotopic (exact) mass is 194 g/mol. The maximum absolute atomic E-state index is 11.2. The Morgan fingerprint density at radius 2 is 2.36 bits per heavy atom. The predicted molar refractivity (Wildman–Crippen MR) is 53.9 cm³/mol. The molecule has 1 aromatic rings. The summed E-state index contributed by atoms with van der Waals surface area (Å²) in [5.74, 6) is 0.227. The van der Waals surface area contributed by atoms with Crippen molar-refractivity contribution in [2.24, 2.45) is 0 Å². The SMILES string of the molecule is CCNCC(=O)Nc1nccc(C)n1. The first-order valence-electron chi connectivity index (χ1n) is 4.52. The predicted octanol–water partition coefficient (Wildman–Crippen LogP) is 0.333. The Hall–Kier alpha value is -1.49. The number of likely N-dealkylation sites (N-methyl/N-ethyl adjacent to an activating group) is 1. The molecule has 1 aromatic heterocycles. The smallest absolute Gasteiger partial charge is 0.240 e. The number of aryl methyl sites for hydroxylation is 1. The third kappa shape index (κ3) is 3.49. The number of nitrogens with one attached hydrogen (secondary N) is 2. The summed E-state index contributed by atoms with van der Waals surface area (Å²) in [6.45, 7) is 4.84. The van der Waals surface area contributed by atoms with Crippen LogP contribution in [-0.4, -0.2) is 29.0 Å². The van der Waals surface area contributed by atoms with Crippen molar-refractivity contribution in [2.75, 3.05) is 18.4 Å². The summed E-state index contributed by atoms with van der Waals surface area (Å²) in [4.78, 5) is 19.2. The van der Waals surface area contributed by atoms with Gasteiger partial charge in [-0.2, -0.15) is 0 Å². The Morgan fingerprint density at radius 1 is 1.57 bits per heavy atom. The molecule has 0 fully saturated rings. The van der Waals surface area contributed by atoms with E-state index in [0.717, 1.165) is 12.2 Å². The number of hydrogen-bond donors (Lipinski definition) is 2. The molecule has 1 heterocycles. The van der Waals surface area contributed by atoms with Crippen LogP contribution in [0.25, 0.3) is 0 Å². The number of carbonyl (C=O) groups is 1. The first-order chi connectivity index (χ1) is 6.72. The topological polar surface area (TPSA) is 66.9 Å². The van der Waals surface area contributed by atoms with E-state index in [1.807, 2.05) is 13.8 Å². The maximum Gasteiger partial charge on any atom is 0.240 e. The molecule has 14 heavy (non-hydrogen) atoms. The molecular weight excluding hydrogens is 180 g/mol. The Morgan fingerprint density at radius 3 is 3.00 bits per heavy atom. The summed E-state index contributed by atoms with van der Waals surface area (Å²) in [5, 5.41) is 5.51. The lowest BCUT2D eigenvalue weighted by molar-refractivity contribution is -0.115. The van der Waals surface area contributed by atoms with Gasteiger partial charge in [0.05, 0.1) is 6.54 Å². The van der Waals surface area contributed by atoms with Gasteiger partial charge in [0, 0.05) is 11.9 Å². The van der Waals surface area contributed by atoms with E-state index in [4.69, 9.17) is 0 Å². The van der Waals surface area contributed by atoms with Gasteiger partial charge in [0.2, 0.25) is 11.9 Å². The summed E-state index contributed by atoms with van der Waals surface area (Å²) in [5.41, 5.74) is 0.832. The summed E-state index contributed by atoms with van der Waals surface area (Å²) in [7, 11) is 0. The molecule has 1 rings (SSSR count). The van der Waals surface area contributed by atoms with Crippen LogP contribution in [0, 0.1) is 6.92 Å². The van der Waals surface area contributed by atoms with Crippen LogP contribution in [0.15, 0.2) is 12.3 Å². The first-order valence-corrected chi connectivity index (χ1v) is 4.52. The maximum atomic E-state index is 11.2. The largest absolute Gasteiger partial charge is 0.309 e. The molecule has 0 aromatic carbocycles. The fraction of sp³-hybridized carbons (Fsp3) is 0.444. The number of carbonyl (C=O) groups excluding carboxylic acids is 1. The normalized spacial score (nSPS) is 9.86. The van der Waals surface area contributed by atoms with Gasteiger partial charge in [-0.3, -0.25) is 10.1 Å². The average Bonchev–Trinajstić information content (AvgIpc) is 2.15. The van der Waals surface area contributed by atoms with Gasteiger partial charge in [0.25, 0.3) is 0 Å². The Kier molecular flexibility index (Phi) is 4.00. The van der Waals surface area contributed by atoms with Gasteiger partial charge in [-0.05, 0) is 19.5 Å². The lowest BCUT2D eigenvalue weighted by atomic mass is 10.4. The zero-order chi connectivity index (χ0) is 10.4. The van der Waals surface area contributed by atoms with Gasteiger partial charge in [-0.25, -0.2) is 9.97 Å². The summed E-state index contributed by atoms with van der Waals surface area (Å²) in [6, 6.07) is 1.78. The number of amides is 1. The Balaban J connectivity index is 2.47. The minimum atomic E-state index is -0.127. The van der Waals surface area contributed by atoms with Crippen LogP contribution in [0.5, 0.6) is 0 Å². The van der Waals surface area contributed by atoms with E-state index in [-0.39, 0.29) is 12.5 Å². The lowest BCUT2D eigenvalue weighted by Crippen LogP contribution is -2.28. The minimum Gasteiger partial charge on any atom is -0.309 e. The quantitative estimate of drug-likeness (QED) is 0.725. The summed E-state index contributed by atoms with van der Waals surface area (Å²) < 4.78 is 0. The van der Waals surface area contributed by atoms with Crippen LogP contribution in [0.2, 0.25) is 0 Å². The van der Waals surface area contributed by atoms with Crippen molar-refractivity contribution in [3.8, 4) is 0 Å². The molecule has 0 aliphatic rings. The van der Waals surface area contributed by atoms with Crippen molar-refractivity contribution >= 4 is 11.9 Å². The van der Waals surface area contributed by atoms with Crippen LogP contribution in [0.4, 0.5) is 5.95 Å². The standard InChI is InChI=1S/C9H14N4O/c1-3-10-6-8(14)13-9-11-5-4-7(2)12-9/h4-5,10H,3,6H2,1-2H3,(H,11,12,13,14). The number of hydrogen-bond acceptors (Lipinski definition) is 4. The molecule has 0 saturated heterocycles. The molecule has 5 heteroatoms. The fourth-order valence-corrected chi connectivity index (χ4v) is 0.917. The van der Waals surface area contributed by atoms with E-state index in [2.05, 4.69) is 20.6 Å². The molecule has 0 saturated carbocycles. The Labute approximate surface area is 83.0 Å². The molecular formula is C9H14N4O. The zero-order valence-corrected chi connectivity index (χ0v) is 8.37. The third-order valence-corrected chi connectivity index (χ3v) is 1.58. The summed E-state index contributed by atoms with van der Waals surface area (Å²) in [6.07, 6.45) is 1.62. The Bertz CT molecular complexity index is 313. The van der Waals surface area contributed by atoms with E-state index in [0.29, 0.717) is 5.95 Å². The summed E-state index contributed by atoms with van der Waals surface area (Å²) >= 11 is 0. The second kappa shape index (κ2) is 5.29. The first kappa shape index (κ1) is 10.6. The highest BCUT2D eigenvalue weighted by atomic mass is 16.2. The molecule has 76 valence electrons. The number of aromatic nitrogens is 2. The molecule has 0 spiro atoms. The zero-order valence-electron chi connectivity index (χ0n) is 8.37. The molecule has 0 aliphatic heterocycles. The highest BCUT2D eigenvalue weighted by Crippen LogP contribution is 1.97. The molecule has 0 bridgehead atoms. The van der Waals surface area contributed by atoms with Crippen molar-refractivity contribution in [1.29, 1.82) is 0 Å².